The molecule has 29 heavy (non-hydrogen) atoms. The van der Waals surface area contributed by atoms with Crippen molar-refractivity contribution >= 4 is 17.3 Å². The van der Waals surface area contributed by atoms with E-state index in [-0.39, 0.29) is 1.43 Å². The van der Waals surface area contributed by atoms with Gasteiger partial charge in [-0.15, -0.1) is 5.10 Å². The third-order valence-electron chi connectivity index (χ3n) is 6.10. The fourth-order valence-electron chi connectivity index (χ4n) is 4.27. The Labute approximate surface area is 173 Å². The highest BCUT2D eigenvalue weighted by Crippen LogP contribution is 2.28. The smallest absolute Gasteiger partial charge is 0.246 e. The largest absolute Gasteiger partial charge is 0.369 e. The van der Waals surface area contributed by atoms with Gasteiger partial charge in [0.05, 0.1) is 5.69 Å². The summed E-state index contributed by atoms with van der Waals surface area (Å²) in [5.41, 5.74) is 4.56. The van der Waals surface area contributed by atoms with Gasteiger partial charge in [-0.2, -0.15) is 4.98 Å². The molecule has 2 aromatic carbocycles. The molecule has 5 rings (SSSR count). The van der Waals surface area contributed by atoms with Crippen LogP contribution >= 0.6 is 0 Å². The van der Waals surface area contributed by atoms with Gasteiger partial charge in [0, 0.05) is 45.0 Å². The number of hydrogen-bond acceptors (Lipinski definition) is 5. The molecule has 1 saturated heterocycles. The predicted molar refractivity (Wildman–Crippen MR) is 119 cm³/mol. The molecule has 3 aromatic rings. The molecule has 0 spiro atoms. The van der Waals surface area contributed by atoms with Crippen molar-refractivity contribution in [3.05, 3.63) is 60.4 Å². The molecule has 2 aliphatic rings. The Bertz CT molecular complexity index is 961. The van der Waals surface area contributed by atoms with Crippen LogP contribution in [0.5, 0.6) is 0 Å². The summed E-state index contributed by atoms with van der Waals surface area (Å²) in [6, 6.07) is 17.5. The zero-order chi connectivity index (χ0) is 19.6. The Morgan fingerprint density at radius 1 is 0.966 bits per heavy atom. The maximum atomic E-state index is 4.57. The van der Waals surface area contributed by atoms with E-state index in [1.165, 1.54) is 43.6 Å². The fraction of sp³-hybridized carbons (Fsp3) is 0.391. The summed E-state index contributed by atoms with van der Waals surface area (Å²) < 4.78 is 1.79. The molecule has 1 N–H and O–H groups in total. The zero-order valence-corrected chi connectivity index (χ0v) is 17.0. The summed E-state index contributed by atoms with van der Waals surface area (Å²) in [5.74, 6) is 0.611. The molecular formula is C23H30N6. The van der Waals surface area contributed by atoms with E-state index >= 15 is 0 Å². The number of aromatic nitrogens is 3. The number of nitrogens with zero attached hydrogens (tertiary/aromatic N) is 5. The molecular weight excluding hydrogens is 360 g/mol. The number of piperazine rings is 1. The number of para-hydroxylation sites is 1. The minimum atomic E-state index is 0. The molecule has 1 aliphatic heterocycles. The van der Waals surface area contributed by atoms with Crippen LogP contribution in [0.2, 0.25) is 0 Å². The molecule has 0 unspecified atom stereocenters. The lowest BCUT2D eigenvalue weighted by atomic mass is 9.91. The van der Waals surface area contributed by atoms with Crippen molar-refractivity contribution in [3.8, 4) is 5.69 Å². The molecule has 1 aromatic heterocycles. The van der Waals surface area contributed by atoms with Gasteiger partial charge in [-0.25, -0.2) is 4.68 Å². The fourth-order valence-corrected chi connectivity index (χ4v) is 4.27. The van der Waals surface area contributed by atoms with Gasteiger partial charge >= 0.3 is 0 Å². The van der Waals surface area contributed by atoms with Crippen molar-refractivity contribution in [2.24, 2.45) is 0 Å². The molecule has 2 fully saturated rings. The van der Waals surface area contributed by atoms with Crippen LogP contribution in [0, 0.1) is 6.92 Å². The minimum absolute atomic E-state index is 0. The quantitative estimate of drug-likeness (QED) is 0.706. The summed E-state index contributed by atoms with van der Waals surface area (Å²) >= 11 is 0. The average molecular weight is 391 g/mol. The van der Waals surface area contributed by atoms with Crippen LogP contribution in [-0.2, 0) is 0 Å². The van der Waals surface area contributed by atoms with Gasteiger partial charge in [0.15, 0.2) is 0 Å². The molecule has 0 amide bonds. The van der Waals surface area contributed by atoms with Crippen LogP contribution in [0.3, 0.4) is 0 Å². The first kappa shape index (κ1) is 18.2. The van der Waals surface area contributed by atoms with Crippen molar-refractivity contribution in [2.75, 3.05) is 36.4 Å². The highest BCUT2D eigenvalue weighted by atomic mass is 15.4. The Balaban J connectivity index is 0.00000218. The van der Waals surface area contributed by atoms with Gasteiger partial charge < -0.3 is 10.2 Å². The molecule has 0 bridgehead atoms. The molecule has 2 heterocycles. The van der Waals surface area contributed by atoms with E-state index in [4.69, 9.17) is 0 Å². The third kappa shape index (κ3) is 3.98. The van der Waals surface area contributed by atoms with Crippen LogP contribution in [0.25, 0.3) is 5.69 Å². The van der Waals surface area contributed by atoms with Crippen molar-refractivity contribution in [2.45, 2.75) is 32.2 Å². The number of nitrogens with one attached hydrogen (secondary N) is 1. The van der Waals surface area contributed by atoms with Gasteiger partial charge in [-0.3, -0.25) is 4.90 Å². The lowest BCUT2D eigenvalue weighted by molar-refractivity contribution is 0.120. The standard InChI is InChI=1S/C23H28N6.H2/c1-18-14-19(25-23-24-17-29(26-23)21-6-3-2-4-7-21)16-22(15-18)28-12-10-27(11-13-28)20-8-5-9-20;/h2-4,6-7,14-17,20H,5,8-13H2,1H3,(H,25,26);1H. The monoisotopic (exact) mass is 390 g/mol. The Morgan fingerprint density at radius 3 is 2.48 bits per heavy atom. The first-order chi connectivity index (χ1) is 14.2. The number of anilines is 3. The van der Waals surface area contributed by atoms with Crippen molar-refractivity contribution < 1.29 is 1.43 Å². The Kier molecular flexibility index (Phi) is 4.94. The summed E-state index contributed by atoms with van der Waals surface area (Å²) in [4.78, 5) is 9.60. The highest BCUT2D eigenvalue weighted by molar-refractivity contribution is 5.64. The molecule has 1 aliphatic carbocycles. The van der Waals surface area contributed by atoms with Gasteiger partial charge in [-0.05, 0) is 55.7 Å². The van der Waals surface area contributed by atoms with Gasteiger partial charge in [0.25, 0.3) is 0 Å². The normalized spacial score (nSPS) is 17.9. The number of benzene rings is 2. The van der Waals surface area contributed by atoms with Crippen molar-refractivity contribution in [1.29, 1.82) is 0 Å². The summed E-state index contributed by atoms with van der Waals surface area (Å²) in [6.45, 7) is 6.69. The topological polar surface area (TPSA) is 49.2 Å². The molecule has 152 valence electrons. The molecule has 1 saturated carbocycles. The average Bonchev–Trinajstić information content (AvgIpc) is 3.16. The van der Waals surface area contributed by atoms with Crippen molar-refractivity contribution in [3.63, 3.8) is 0 Å². The van der Waals surface area contributed by atoms with Crippen LogP contribution in [0.1, 0.15) is 26.3 Å². The van der Waals surface area contributed by atoms with Gasteiger partial charge in [-0.1, -0.05) is 24.6 Å². The number of hydrogen-bond donors (Lipinski definition) is 1. The number of rotatable bonds is 5. The van der Waals surface area contributed by atoms with E-state index in [0.29, 0.717) is 5.95 Å². The maximum absolute atomic E-state index is 4.57. The lowest BCUT2D eigenvalue weighted by Crippen LogP contribution is -2.52. The second kappa shape index (κ2) is 7.87. The van der Waals surface area contributed by atoms with E-state index in [2.05, 4.69) is 50.3 Å². The maximum Gasteiger partial charge on any atom is 0.246 e. The lowest BCUT2D eigenvalue weighted by Gasteiger charge is -2.43. The Hall–Kier alpha value is -2.86. The molecule has 6 heteroatoms. The first-order valence-electron chi connectivity index (χ1n) is 10.6. The minimum Gasteiger partial charge on any atom is -0.369 e. The van der Waals surface area contributed by atoms with E-state index in [9.17, 15) is 0 Å². The molecule has 0 radical (unpaired) electrons. The first-order valence-corrected chi connectivity index (χ1v) is 10.6. The van der Waals surface area contributed by atoms with Gasteiger partial charge in [0.2, 0.25) is 5.95 Å². The second-order valence-electron chi connectivity index (χ2n) is 8.14. The molecule has 6 nitrogen and oxygen atoms in total. The summed E-state index contributed by atoms with van der Waals surface area (Å²) in [7, 11) is 0. The van der Waals surface area contributed by atoms with E-state index < -0.39 is 0 Å². The number of aryl methyl sites for hydroxylation is 1. The Morgan fingerprint density at radius 2 is 1.76 bits per heavy atom. The van der Waals surface area contributed by atoms with E-state index in [0.717, 1.165) is 30.5 Å². The SMILES string of the molecule is Cc1cc(Nc2ncn(-c3ccccc3)n2)cc(N2CCN(C3CCC3)CC2)c1.[HH]. The summed E-state index contributed by atoms with van der Waals surface area (Å²) in [6.07, 6.45) is 5.93. The highest BCUT2D eigenvalue weighted by Gasteiger charge is 2.28. The van der Waals surface area contributed by atoms with Crippen LogP contribution in [0.4, 0.5) is 17.3 Å². The predicted octanol–water partition coefficient (Wildman–Crippen LogP) is 4.24. The molecule has 0 atom stereocenters. The van der Waals surface area contributed by atoms with Crippen LogP contribution in [0.15, 0.2) is 54.9 Å². The second-order valence-corrected chi connectivity index (χ2v) is 8.14. The summed E-state index contributed by atoms with van der Waals surface area (Å²) in [5, 5.41) is 7.95. The zero-order valence-electron chi connectivity index (χ0n) is 17.0. The third-order valence-corrected chi connectivity index (χ3v) is 6.10. The van der Waals surface area contributed by atoms with Crippen LogP contribution in [-0.4, -0.2) is 51.9 Å². The van der Waals surface area contributed by atoms with E-state index in [1.807, 2.05) is 30.3 Å². The van der Waals surface area contributed by atoms with Crippen molar-refractivity contribution in [1.82, 2.24) is 19.7 Å². The van der Waals surface area contributed by atoms with E-state index in [1.54, 1.807) is 11.0 Å². The van der Waals surface area contributed by atoms with Gasteiger partial charge in [0.1, 0.15) is 6.33 Å². The van der Waals surface area contributed by atoms with Crippen LogP contribution < -0.4 is 10.2 Å².